The topological polar surface area (TPSA) is 55.0 Å². The molecule has 0 saturated carbocycles. The van der Waals surface area contributed by atoms with Gasteiger partial charge < -0.3 is 9.72 Å². The Morgan fingerprint density at radius 1 is 1.38 bits per heavy atom. The average Bonchev–Trinajstić information content (AvgIpc) is 2.24. The van der Waals surface area contributed by atoms with Gasteiger partial charge in [-0.15, -0.1) is 0 Å². The van der Waals surface area contributed by atoms with Crippen LogP contribution in [0.3, 0.4) is 0 Å². The first-order chi connectivity index (χ1) is 7.65. The lowest BCUT2D eigenvalue weighted by atomic mass is 10.3. The van der Waals surface area contributed by atoms with Crippen molar-refractivity contribution < 1.29 is 9.13 Å². The second kappa shape index (κ2) is 4.44. The van der Waals surface area contributed by atoms with Crippen molar-refractivity contribution in [3.05, 3.63) is 51.2 Å². The van der Waals surface area contributed by atoms with Gasteiger partial charge in [-0.25, -0.2) is 9.37 Å². The molecule has 0 spiro atoms. The molecule has 82 valence electrons. The number of nitrogens with one attached hydrogen (secondary N) is 1. The van der Waals surface area contributed by atoms with Crippen molar-refractivity contribution in [3.63, 3.8) is 0 Å². The van der Waals surface area contributed by atoms with Gasteiger partial charge in [0.25, 0.3) is 5.56 Å². The maximum atomic E-state index is 12.9. The van der Waals surface area contributed by atoms with Gasteiger partial charge in [0.2, 0.25) is 5.88 Å². The Hall–Kier alpha value is -1.69. The fraction of sp³-hybridized carbons (Fsp3) is 0. The van der Waals surface area contributed by atoms with Crippen LogP contribution in [0.4, 0.5) is 4.39 Å². The van der Waals surface area contributed by atoms with Gasteiger partial charge >= 0.3 is 0 Å². The molecule has 1 aromatic carbocycles. The van der Waals surface area contributed by atoms with Crippen molar-refractivity contribution in [2.24, 2.45) is 0 Å². The quantitative estimate of drug-likeness (QED) is 0.922. The van der Waals surface area contributed by atoms with Crippen molar-refractivity contribution in [1.29, 1.82) is 0 Å². The van der Waals surface area contributed by atoms with Gasteiger partial charge in [-0.3, -0.25) is 4.79 Å². The van der Waals surface area contributed by atoms with Crippen LogP contribution in [-0.2, 0) is 0 Å². The van der Waals surface area contributed by atoms with Gasteiger partial charge in [-0.1, -0.05) is 0 Å². The summed E-state index contributed by atoms with van der Waals surface area (Å²) in [7, 11) is 0. The minimum absolute atomic E-state index is 0.107. The zero-order valence-corrected chi connectivity index (χ0v) is 9.49. The molecule has 1 heterocycles. The number of hydrogen-bond donors (Lipinski definition) is 1. The van der Waals surface area contributed by atoms with E-state index in [2.05, 4.69) is 25.9 Å². The highest BCUT2D eigenvalue weighted by Crippen LogP contribution is 2.28. The van der Waals surface area contributed by atoms with E-state index in [0.29, 0.717) is 4.47 Å². The predicted molar refractivity (Wildman–Crippen MR) is 59.0 cm³/mol. The van der Waals surface area contributed by atoms with Gasteiger partial charge in [0, 0.05) is 6.07 Å². The Labute approximate surface area is 98.2 Å². The van der Waals surface area contributed by atoms with E-state index in [0.717, 1.165) is 0 Å². The fourth-order valence-electron chi connectivity index (χ4n) is 1.07. The molecule has 0 saturated heterocycles. The average molecular weight is 285 g/mol. The number of H-pyrrole nitrogens is 1. The Balaban J connectivity index is 2.33. The molecule has 6 heteroatoms. The first-order valence-electron chi connectivity index (χ1n) is 4.33. The summed E-state index contributed by atoms with van der Waals surface area (Å²) < 4.78 is 18.8. The third kappa shape index (κ3) is 2.46. The van der Waals surface area contributed by atoms with Crippen LogP contribution in [0.2, 0.25) is 0 Å². The summed E-state index contributed by atoms with van der Waals surface area (Å²) in [6, 6.07) is 5.18. The van der Waals surface area contributed by atoms with Crippen LogP contribution in [0, 0.1) is 5.82 Å². The molecule has 0 fully saturated rings. The molecule has 2 rings (SSSR count). The molecule has 0 aliphatic rings. The number of ether oxygens (including phenoxy) is 1. The fourth-order valence-corrected chi connectivity index (χ4v) is 1.40. The smallest absolute Gasteiger partial charge is 0.254 e. The maximum absolute atomic E-state index is 12.9. The molecule has 2 aromatic rings. The normalized spacial score (nSPS) is 10.1. The van der Waals surface area contributed by atoms with Crippen molar-refractivity contribution in [2.75, 3.05) is 0 Å². The molecule has 4 nitrogen and oxygen atoms in total. The minimum atomic E-state index is -0.428. The van der Waals surface area contributed by atoms with Gasteiger partial charge in [0.1, 0.15) is 11.6 Å². The number of nitrogens with zero attached hydrogens (tertiary/aromatic N) is 1. The largest absolute Gasteiger partial charge is 0.437 e. The Morgan fingerprint density at radius 2 is 2.19 bits per heavy atom. The van der Waals surface area contributed by atoms with Crippen LogP contribution in [0.1, 0.15) is 0 Å². The van der Waals surface area contributed by atoms with Crippen molar-refractivity contribution in [3.8, 4) is 11.6 Å². The number of rotatable bonds is 2. The summed E-state index contributed by atoms with van der Waals surface area (Å²) in [6.45, 7) is 0. The van der Waals surface area contributed by atoms with E-state index in [1.807, 2.05) is 0 Å². The molecule has 0 atom stereocenters. The molecular formula is C10H6BrFN2O2. The lowest BCUT2D eigenvalue weighted by Crippen LogP contribution is -2.04. The van der Waals surface area contributed by atoms with Crippen LogP contribution in [0.5, 0.6) is 11.6 Å². The summed E-state index contributed by atoms with van der Waals surface area (Å²) in [4.78, 5) is 17.1. The summed E-state index contributed by atoms with van der Waals surface area (Å²) in [6.07, 6.45) is 1.21. The highest BCUT2D eigenvalue weighted by Gasteiger charge is 2.05. The van der Waals surface area contributed by atoms with Gasteiger partial charge in [0.15, 0.2) is 0 Å². The SMILES string of the molecule is O=c1cc(Oc2cc(F)ccc2Br)nc[nH]1. The zero-order valence-electron chi connectivity index (χ0n) is 7.91. The van der Waals surface area contributed by atoms with Crippen LogP contribution in [-0.4, -0.2) is 9.97 Å². The molecule has 0 amide bonds. The first kappa shape index (κ1) is 10.8. The van der Waals surface area contributed by atoms with E-state index < -0.39 is 5.82 Å². The summed E-state index contributed by atoms with van der Waals surface area (Å²) in [5, 5.41) is 0. The monoisotopic (exact) mass is 284 g/mol. The van der Waals surface area contributed by atoms with Gasteiger partial charge in [-0.2, -0.15) is 0 Å². The highest BCUT2D eigenvalue weighted by molar-refractivity contribution is 9.10. The van der Waals surface area contributed by atoms with Crippen molar-refractivity contribution in [2.45, 2.75) is 0 Å². The molecular weight excluding hydrogens is 279 g/mol. The zero-order chi connectivity index (χ0) is 11.5. The van der Waals surface area contributed by atoms with E-state index >= 15 is 0 Å². The molecule has 0 aliphatic carbocycles. The Morgan fingerprint density at radius 3 is 2.94 bits per heavy atom. The van der Waals surface area contributed by atoms with Crippen molar-refractivity contribution in [1.82, 2.24) is 9.97 Å². The highest BCUT2D eigenvalue weighted by atomic mass is 79.9. The Kier molecular flexibility index (Phi) is 3.00. The third-order valence-corrected chi connectivity index (χ3v) is 2.42. The predicted octanol–water partition coefficient (Wildman–Crippen LogP) is 2.46. The van der Waals surface area contributed by atoms with E-state index in [1.54, 1.807) is 0 Å². The summed E-state index contributed by atoms with van der Waals surface area (Å²) >= 11 is 3.20. The molecule has 0 bridgehead atoms. The summed E-state index contributed by atoms with van der Waals surface area (Å²) in [5.74, 6) is -0.0591. The molecule has 0 aliphatic heterocycles. The Bertz CT molecular complexity index is 571. The number of aromatic amines is 1. The lowest BCUT2D eigenvalue weighted by Gasteiger charge is -2.05. The van der Waals surface area contributed by atoms with Gasteiger partial charge in [0.05, 0.1) is 16.9 Å². The molecule has 16 heavy (non-hydrogen) atoms. The molecule has 0 radical (unpaired) electrons. The van der Waals surface area contributed by atoms with Crippen molar-refractivity contribution >= 4 is 15.9 Å². The van der Waals surface area contributed by atoms with Crippen LogP contribution >= 0.6 is 15.9 Å². The lowest BCUT2D eigenvalue weighted by molar-refractivity contribution is 0.453. The standard InChI is InChI=1S/C10H6BrFN2O2/c11-7-2-1-6(12)3-8(7)16-10-4-9(15)13-5-14-10/h1-5H,(H,13,14,15). The second-order valence-corrected chi connectivity index (χ2v) is 3.78. The second-order valence-electron chi connectivity index (χ2n) is 2.93. The summed E-state index contributed by atoms with van der Waals surface area (Å²) in [5.41, 5.74) is -0.336. The van der Waals surface area contributed by atoms with Crippen LogP contribution in [0.25, 0.3) is 0 Å². The van der Waals surface area contributed by atoms with E-state index in [-0.39, 0.29) is 17.2 Å². The van der Waals surface area contributed by atoms with Crippen LogP contribution in [0.15, 0.2) is 39.9 Å². The minimum Gasteiger partial charge on any atom is -0.437 e. The number of hydrogen-bond acceptors (Lipinski definition) is 3. The number of halogens is 2. The van der Waals surface area contributed by atoms with E-state index in [4.69, 9.17) is 4.74 Å². The van der Waals surface area contributed by atoms with Gasteiger partial charge in [-0.05, 0) is 28.1 Å². The first-order valence-corrected chi connectivity index (χ1v) is 5.12. The molecule has 1 N–H and O–H groups in total. The number of benzene rings is 1. The van der Waals surface area contributed by atoms with Crippen LogP contribution < -0.4 is 10.3 Å². The maximum Gasteiger partial charge on any atom is 0.254 e. The molecule has 1 aromatic heterocycles. The molecule has 0 unspecified atom stereocenters. The van der Waals surface area contributed by atoms with E-state index in [9.17, 15) is 9.18 Å². The van der Waals surface area contributed by atoms with E-state index in [1.165, 1.54) is 30.6 Å². The third-order valence-electron chi connectivity index (χ3n) is 1.76. The number of aromatic nitrogens is 2.